The van der Waals surface area contributed by atoms with E-state index in [2.05, 4.69) is 67.8 Å². The van der Waals surface area contributed by atoms with Crippen molar-refractivity contribution in [1.29, 1.82) is 0 Å². The Labute approximate surface area is 214 Å². The Morgan fingerprint density at radius 1 is 1.11 bits per heavy atom. The first-order valence-corrected chi connectivity index (χ1v) is 13.1. The number of aromatic hydroxyl groups is 1. The van der Waals surface area contributed by atoms with Crippen LogP contribution in [-0.2, 0) is 30.5 Å². The van der Waals surface area contributed by atoms with Gasteiger partial charge < -0.3 is 21.5 Å². The maximum absolute atomic E-state index is 13.2. The van der Waals surface area contributed by atoms with Crippen molar-refractivity contribution < 1.29 is 9.90 Å². The third kappa shape index (κ3) is 4.98. The molecule has 5 heteroatoms. The first-order chi connectivity index (χ1) is 17.3. The zero-order chi connectivity index (χ0) is 25.4. The molecule has 0 saturated heterocycles. The number of hydrogen-bond donors (Lipinski definition) is 4. The van der Waals surface area contributed by atoms with Gasteiger partial charge in [-0.2, -0.15) is 0 Å². The predicted octanol–water partition coefficient (Wildman–Crippen LogP) is 4.82. The van der Waals surface area contributed by atoms with Crippen molar-refractivity contribution in [1.82, 2.24) is 5.32 Å². The van der Waals surface area contributed by atoms with Crippen LogP contribution >= 0.6 is 0 Å². The van der Waals surface area contributed by atoms with Gasteiger partial charge in [-0.25, -0.2) is 0 Å². The highest BCUT2D eigenvalue weighted by atomic mass is 16.3. The molecule has 36 heavy (non-hydrogen) atoms. The Kier molecular flexibility index (Phi) is 6.76. The molecule has 0 fully saturated rings. The zero-order valence-electron chi connectivity index (χ0n) is 21.5. The molecule has 2 aliphatic rings. The van der Waals surface area contributed by atoms with Gasteiger partial charge in [-0.15, -0.1) is 0 Å². The number of rotatable bonds is 6. The normalized spacial score (nSPS) is 19.2. The third-order valence-electron chi connectivity index (χ3n) is 7.93. The molecule has 5 N–H and O–H groups in total. The number of carbonyl (C=O) groups excluding carboxylic acids is 1. The number of anilines is 1. The number of nitrogens with one attached hydrogen (secondary N) is 2. The molecule has 5 nitrogen and oxygen atoms in total. The Balaban J connectivity index is 1.27. The molecule has 1 aliphatic carbocycles. The van der Waals surface area contributed by atoms with Crippen molar-refractivity contribution in [2.75, 3.05) is 11.9 Å². The van der Waals surface area contributed by atoms with Crippen molar-refractivity contribution in [3.8, 4) is 5.75 Å². The van der Waals surface area contributed by atoms with Crippen LogP contribution in [0, 0.1) is 26.7 Å². The maximum Gasteiger partial charge on any atom is 0.237 e. The predicted molar refractivity (Wildman–Crippen MR) is 145 cm³/mol. The van der Waals surface area contributed by atoms with Gasteiger partial charge in [-0.3, -0.25) is 4.79 Å². The summed E-state index contributed by atoms with van der Waals surface area (Å²) >= 11 is 0. The van der Waals surface area contributed by atoms with Crippen LogP contribution in [0.1, 0.15) is 57.0 Å². The van der Waals surface area contributed by atoms with Gasteiger partial charge >= 0.3 is 0 Å². The lowest BCUT2D eigenvalue weighted by molar-refractivity contribution is -0.123. The van der Waals surface area contributed by atoms with Crippen LogP contribution in [0.25, 0.3) is 0 Å². The van der Waals surface area contributed by atoms with Gasteiger partial charge in [0.1, 0.15) is 5.75 Å². The molecule has 3 aromatic carbocycles. The number of phenols is 1. The standard InChI is InChI=1S/C31H37N3O2/c1-18-11-19(2)24(20(3)12-18)17-27(32)31(36)34-29-9-10-33-28-8-7-21(15-26(28)29)13-22-14-23-5-4-6-30(35)25(23)16-22/h4-8,11-12,15,22,27,29,33,35H,9-10,13-14,16-17,32H2,1-3H3,(H,34,36)/t22?,27-,29+/m0/s1. The lowest BCUT2D eigenvalue weighted by atomic mass is 9.90. The van der Waals surface area contributed by atoms with Gasteiger partial charge in [-0.05, 0) is 110 Å². The number of nitrogens with two attached hydrogens (primary N) is 1. The Hall–Kier alpha value is -3.31. The highest BCUT2D eigenvalue weighted by Crippen LogP contribution is 2.36. The molecule has 3 aromatic rings. The summed E-state index contributed by atoms with van der Waals surface area (Å²) in [6.07, 6.45) is 4.22. The highest BCUT2D eigenvalue weighted by Gasteiger charge is 2.27. The summed E-state index contributed by atoms with van der Waals surface area (Å²) in [6.45, 7) is 7.10. The Bertz CT molecular complexity index is 1280. The van der Waals surface area contributed by atoms with E-state index >= 15 is 0 Å². The van der Waals surface area contributed by atoms with Crippen molar-refractivity contribution in [2.24, 2.45) is 11.7 Å². The summed E-state index contributed by atoms with van der Waals surface area (Å²) in [5, 5.41) is 16.9. The van der Waals surface area contributed by atoms with Crippen molar-refractivity contribution in [2.45, 2.75) is 65.0 Å². The quantitative estimate of drug-likeness (QED) is 0.405. The van der Waals surface area contributed by atoms with Crippen LogP contribution < -0.4 is 16.4 Å². The molecule has 0 radical (unpaired) electrons. The molecule has 1 unspecified atom stereocenters. The van der Waals surface area contributed by atoms with Gasteiger partial charge in [0.15, 0.2) is 0 Å². The van der Waals surface area contributed by atoms with E-state index in [0.29, 0.717) is 18.1 Å². The minimum atomic E-state index is -0.587. The van der Waals surface area contributed by atoms with Crippen molar-refractivity contribution >= 4 is 11.6 Å². The molecule has 1 amide bonds. The van der Waals surface area contributed by atoms with Crippen LogP contribution in [0.15, 0.2) is 48.5 Å². The van der Waals surface area contributed by atoms with E-state index in [1.54, 1.807) is 6.07 Å². The van der Waals surface area contributed by atoms with Crippen molar-refractivity contribution in [3.63, 3.8) is 0 Å². The van der Waals surface area contributed by atoms with E-state index in [9.17, 15) is 9.90 Å². The van der Waals surface area contributed by atoms with Gasteiger partial charge in [0.05, 0.1) is 12.1 Å². The minimum Gasteiger partial charge on any atom is -0.508 e. The summed E-state index contributed by atoms with van der Waals surface area (Å²) in [4.78, 5) is 13.2. The molecule has 5 rings (SSSR count). The first kappa shape index (κ1) is 24.4. The highest BCUT2D eigenvalue weighted by molar-refractivity contribution is 5.82. The molecular formula is C31H37N3O2. The number of phenolic OH excluding ortho intramolecular Hbond substituents is 1. The first-order valence-electron chi connectivity index (χ1n) is 13.1. The van der Waals surface area contributed by atoms with Crippen LogP contribution in [0.2, 0.25) is 0 Å². The second-order valence-corrected chi connectivity index (χ2v) is 10.8. The smallest absolute Gasteiger partial charge is 0.237 e. The van der Waals surface area contributed by atoms with E-state index in [-0.39, 0.29) is 11.9 Å². The molecule has 3 atom stereocenters. The number of aryl methyl sites for hydroxylation is 3. The number of amides is 1. The van der Waals surface area contributed by atoms with Crippen LogP contribution in [-0.4, -0.2) is 23.6 Å². The lowest BCUT2D eigenvalue weighted by Crippen LogP contribution is -2.44. The molecule has 1 heterocycles. The molecular weight excluding hydrogens is 446 g/mol. The van der Waals surface area contributed by atoms with Crippen LogP contribution in [0.5, 0.6) is 5.75 Å². The van der Waals surface area contributed by atoms with Gasteiger partial charge in [-0.1, -0.05) is 42.0 Å². The number of hydrogen-bond acceptors (Lipinski definition) is 4. The second kappa shape index (κ2) is 9.98. The molecule has 188 valence electrons. The Morgan fingerprint density at radius 2 is 1.89 bits per heavy atom. The molecule has 0 aromatic heterocycles. The SMILES string of the molecule is Cc1cc(C)c(C[C@H](N)C(=O)N[C@@H]2CCNc3ccc(CC4Cc5cccc(O)c5C4)cc32)c(C)c1. The Morgan fingerprint density at radius 3 is 2.64 bits per heavy atom. The fourth-order valence-electron chi connectivity index (χ4n) is 6.17. The number of benzene rings is 3. The van der Waals surface area contributed by atoms with E-state index in [1.807, 2.05) is 6.07 Å². The summed E-state index contributed by atoms with van der Waals surface area (Å²) in [7, 11) is 0. The largest absolute Gasteiger partial charge is 0.508 e. The fourth-order valence-corrected chi connectivity index (χ4v) is 6.17. The second-order valence-electron chi connectivity index (χ2n) is 10.8. The summed E-state index contributed by atoms with van der Waals surface area (Å²) in [5.74, 6) is 0.796. The van der Waals surface area contributed by atoms with Gasteiger partial charge in [0.2, 0.25) is 5.91 Å². The number of carbonyl (C=O) groups is 1. The van der Waals surface area contributed by atoms with E-state index in [1.165, 1.54) is 33.4 Å². The minimum absolute atomic E-state index is 0.0511. The van der Waals surface area contributed by atoms with E-state index in [4.69, 9.17) is 5.73 Å². The molecule has 0 saturated carbocycles. The van der Waals surface area contributed by atoms with Crippen LogP contribution in [0.3, 0.4) is 0 Å². The van der Waals surface area contributed by atoms with Gasteiger partial charge in [0, 0.05) is 12.2 Å². The van der Waals surface area contributed by atoms with Crippen LogP contribution in [0.4, 0.5) is 5.69 Å². The van der Waals surface area contributed by atoms with Crippen molar-refractivity contribution in [3.05, 3.63) is 93.0 Å². The average Bonchev–Trinajstić information content (AvgIpc) is 3.25. The molecule has 1 aliphatic heterocycles. The number of fused-ring (bicyclic) bond motifs is 2. The summed E-state index contributed by atoms with van der Waals surface area (Å²) < 4.78 is 0. The summed E-state index contributed by atoms with van der Waals surface area (Å²) in [5.41, 5.74) is 17.0. The zero-order valence-corrected chi connectivity index (χ0v) is 21.5. The average molecular weight is 484 g/mol. The van der Waals surface area contributed by atoms with Gasteiger partial charge in [0.25, 0.3) is 0 Å². The monoisotopic (exact) mass is 483 g/mol. The maximum atomic E-state index is 13.2. The third-order valence-corrected chi connectivity index (χ3v) is 7.93. The summed E-state index contributed by atoms with van der Waals surface area (Å²) in [6, 6.07) is 16.1. The lowest BCUT2D eigenvalue weighted by Gasteiger charge is -2.29. The fraction of sp³-hybridized carbons (Fsp3) is 0.387. The topological polar surface area (TPSA) is 87.4 Å². The van der Waals surface area contributed by atoms with E-state index in [0.717, 1.165) is 49.0 Å². The molecule has 0 bridgehead atoms. The van der Waals surface area contributed by atoms with E-state index < -0.39 is 6.04 Å². The molecule has 0 spiro atoms.